The normalized spacial score (nSPS) is 20.5. The fraction of sp³-hybridized carbons (Fsp3) is 0.600. The molecule has 123 valence electrons. The van der Waals surface area contributed by atoms with E-state index in [0.717, 1.165) is 25.3 Å². The Kier molecular flexibility index (Phi) is 11.2. The molecule has 1 radical (unpaired) electrons. The van der Waals surface area contributed by atoms with Crippen LogP contribution in [0.2, 0.25) is 0 Å². The van der Waals surface area contributed by atoms with Gasteiger partial charge in [-0.1, -0.05) is 12.1 Å². The SMILES string of the molecule is COc1ccc([NH-])cc1.OC1CCNC1.OCC1(F)CC1.[Y]. The maximum atomic E-state index is 12.0. The molecule has 3 rings (SSSR count). The molecule has 1 atom stereocenters. The molecule has 1 saturated carbocycles. The predicted octanol–water partition coefficient (Wildman–Crippen LogP) is 2.20. The second-order valence-corrected chi connectivity index (χ2v) is 5.18. The van der Waals surface area contributed by atoms with E-state index in [4.69, 9.17) is 20.7 Å². The molecule has 1 unspecified atom stereocenters. The quantitative estimate of drug-likeness (QED) is 0.725. The summed E-state index contributed by atoms with van der Waals surface area (Å²) >= 11 is 0. The minimum Gasteiger partial charge on any atom is -0.699 e. The van der Waals surface area contributed by atoms with Crippen molar-refractivity contribution in [3.63, 3.8) is 0 Å². The third-order valence-electron chi connectivity index (χ3n) is 3.20. The molecule has 2 aliphatic rings. The van der Waals surface area contributed by atoms with Crippen LogP contribution in [0.5, 0.6) is 5.75 Å². The number of benzene rings is 1. The van der Waals surface area contributed by atoms with Crippen molar-refractivity contribution in [3.8, 4) is 5.75 Å². The van der Waals surface area contributed by atoms with Crippen LogP contribution in [0.4, 0.5) is 10.1 Å². The Morgan fingerprint density at radius 2 is 1.95 bits per heavy atom. The van der Waals surface area contributed by atoms with Crippen molar-refractivity contribution in [2.75, 3.05) is 26.8 Å². The Hall–Kier alpha value is -0.266. The molecule has 1 saturated heterocycles. The molecule has 0 amide bonds. The number of β-amino-alcohol motifs (C(OH)–C–C–N with tert-alkyl or cyclic N) is 1. The first kappa shape index (κ1) is 21.7. The van der Waals surface area contributed by atoms with E-state index in [9.17, 15) is 4.39 Å². The van der Waals surface area contributed by atoms with Crippen molar-refractivity contribution in [1.29, 1.82) is 0 Å². The fourth-order valence-corrected chi connectivity index (χ4v) is 1.52. The summed E-state index contributed by atoms with van der Waals surface area (Å²) in [5.74, 6) is 0.797. The van der Waals surface area contributed by atoms with Crippen LogP contribution in [0, 0.1) is 0 Å². The van der Waals surface area contributed by atoms with E-state index < -0.39 is 5.67 Å². The summed E-state index contributed by atoms with van der Waals surface area (Å²) in [5, 5.41) is 19.8. The third-order valence-corrected chi connectivity index (χ3v) is 3.20. The molecule has 0 spiro atoms. The van der Waals surface area contributed by atoms with Gasteiger partial charge in [-0.3, -0.25) is 0 Å². The fourth-order valence-electron chi connectivity index (χ4n) is 1.52. The van der Waals surface area contributed by atoms with Gasteiger partial charge in [-0.2, -0.15) is 0 Å². The van der Waals surface area contributed by atoms with Gasteiger partial charge in [0.1, 0.15) is 11.4 Å². The van der Waals surface area contributed by atoms with Crippen molar-refractivity contribution in [2.45, 2.75) is 31.0 Å². The van der Waals surface area contributed by atoms with Crippen LogP contribution < -0.4 is 10.1 Å². The van der Waals surface area contributed by atoms with Crippen LogP contribution in [0.25, 0.3) is 5.73 Å². The van der Waals surface area contributed by atoms with Gasteiger partial charge in [0.15, 0.2) is 0 Å². The molecule has 1 heterocycles. The molecule has 4 N–H and O–H groups in total. The zero-order valence-corrected chi connectivity index (χ0v) is 15.7. The van der Waals surface area contributed by atoms with Crippen LogP contribution in [0.15, 0.2) is 24.3 Å². The van der Waals surface area contributed by atoms with E-state index in [2.05, 4.69) is 5.32 Å². The van der Waals surface area contributed by atoms with Gasteiger partial charge in [-0.05, 0) is 37.9 Å². The van der Waals surface area contributed by atoms with Crippen LogP contribution in [0.1, 0.15) is 19.3 Å². The third kappa shape index (κ3) is 9.69. The molecule has 1 aliphatic heterocycles. The largest absolute Gasteiger partial charge is 0.699 e. The summed E-state index contributed by atoms with van der Waals surface area (Å²) in [7, 11) is 1.61. The maximum absolute atomic E-state index is 12.0. The number of nitrogens with one attached hydrogen (secondary N) is 2. The van der Waals surface area contributed by atoms with E-state index in [1.54, 1.807) is 31.4 Å². The smallest absolute Gasteiger partial charge is 0.134 e. The number of aliphatic hydroxyl groups excluding tert-OH is 2. The van der Waals surface area contributed by atoms with Crippen molar-refractivity contribution in [2.24, 2.45) is 0 Å². The van der Waals surface area contributed by atoms with Gasteiger partial charge in [0.2, 0.25) is 0 Å². The number of halogens is 1. The molecule has 7 heteroatoms. The molecule has 1 aromatic rings. The van der Waals surface area contributed by atoms with E-state index in [-0.39, 0.29) is 45.4 Å². The molecule has 5 nitrogen and oxygen atoms in total. The van der Waals surface area contributed by atoms with Crippen molar-refractivity contribution >= 4 is 5.69 Å². The summed E-state index contributed by atoms with van der Waals surface area (Å²) in [6, 6.07) is 6.92. The molecular formula is C15H24FN2O3Y-. The number of aliphatic hydroxyl groups is 2. The second-order valence-electron chi connectivity index (χ2n) is 5.18. The Labute approximate surface area is 156 Å². The van der Waals surface area contributed by atoms with Gasteiger partial charge in [0, 0.05) is 39.3 Å². The van der Waals surface area contributed by atoms with Gasteiger partial charge in [0.05, 0.1) is 19.8 Å². The zero-order chi connectivity index (χ0) is 15.7. The first-order chi connectivity index (χ1) is 9.99. The molecular weight excluding hydrogens is 364 g/mol. The van der Waals surface area contributed by atoms with Gasteiger partial charge in [0.25, 0.3) is 0 Å². The summed E-state index contributed by atoms with van der Waals surface area (Å²) < 4.78 is 16.9. The first-order valence-corrected chi connectivity index (χ1v) is 7.03. The predicted molar refractivity (Wildman–Crippen MR) is 80.6 cm³/mol. The topological polar surface area (TPSA) is 85.5 Å². The van der Waals surface area contributed by atoms with Crippen LogP contribution in [0.3, 0.4) is 0 Å². The van der Waals surface area contributed by atoms with Gasteiger partial charge < -0.3 is 26.0 Å². The summed E-state index contributed by atoms with van der Waals surface area (Å²) in [6.07, 6.45) is 1.98. The first-order valence-electron chi connectivity index (χ1n) is 7.03. The average Bonchev–Trinajstić information content (AvgIpc) is 3.06. The van der Waals surface area contributed by atoms with Crippen LogP contribution in [-0.2, 0) is 32.7 Å². The molecule has 2 fully saturated rings. The number of rotatable bonds is 2. The summed E-state index contributed by atoms with van der Waals surface area (Å²) in [4.78, 5) is 0. The van der Waals surface area contributed by atoms with E-state index in [1.165, 1.54) is 0 Å². The standard InChI is InChI=1S/C7H8NO.C4H7FO.C4H9NO.Y/c1-9-7-4-2-6(8)3-5-7;5-4(3-6)1-2-4;6-4-1-2-5-3-4;/h2-5,8H,1H3;6H,1-3H2;4-6H,1-3H2;/q-1;;;. The number of hydrogen-bond donors (Lipinski definition) is 3. The minimum absolute atomic E-state index is 0. The molecule has 1 aromatic carbocycles. The van der Waals surface area contributed by atoms with Crippen molar-refractivity contribution in [1.82, 2.24) is 5.32 Å². The Bertz CT molecular complexity index is 396. The van der Waals surface area contributed by atoms with Crippen LogP contribution in [-0.4, -0.2) is 48.8 Å². The van der Waals surface area contributed by atoms with E-state index in [0.29, 0.717) is 18.5 Å². The summed E-state index contributed by atoms with van der Waals surface area (Å²) in [5.41, 5.74) is 6.47. The van der Waals surface area contributed by atoms with Gasteiger partial charge in [-0.25, -0.2) is 4.39 Å². The monoisotopic (exact) mass is 388 g/mol. The zero-order valence-electron chi connectivity index (χ0n) is 12.9. The molecule has 0 bridgehead atoms. The Morgan fingerprint density at radius 3 is 2.18 bits per heavy atom. The van der Waals surface area contributed by atoms with Crippen molar-refractivity contribution in [3.05, 3.63) is 30.0 Å². The summed E-state index contributed by atoms with van der Waals surface area (Å²) in [6.45, 7) is 1.49. The number of hydrogen-bond acceptors (Lipinski definition) is 4. The number of methoxy groups -OCH3 is 1. The molecule has 22 heavy (non-hydrogen) atoms. The van der Waals surface area contributed by atoms with Gasteiger partial charge >= 0.3 is 0 Å². The molecule has 0 aromatic heterocycles. The van der Waals surface area contributed by atoms with Crippen LogP contribution >= 0.6 is 0 Å². The van der Waals surface area contributed by atoms with E-state index >= 15 is 0 Å². The number of alkyl halides is 1. The Morgan fingerprint density at radius 1 is 1.36 bits per heavy atom. The average molecular weight is 388 g/mol. The second kappa shape index (κ2) is 11.3. The number of ether oxygens (including phenoxy) is 1. The van der Waals surface area contributed by atoms with E-state index in [1.807, 2.05) is 0 Å². The molecule has 1 aliphatic carbocycles. The Balaban J connectivity index is 0.000000303. The van der Waals surface area contributed by atoms with Crippen molar-refractivity contribution < 1.29 is 52.0 Å². The maximum Gasteiger partial charge on any atom is 0.134 e. The van der Waals surface area contributed by atoms with Gasteiger partial charge in [-0.15, -0.1) is 5.69 Å². The minimum atomic E-state index is -1.15.